The van der Waals surface area contributed by atoms with E-state index in [-0.39, 0.29) is 11.4 Å². The van der Waals surface area contributed by atoms with E-state index >= 15 is 0 Å². The average molecular weight is 322 g/mol. The number of nitrogens with zero attached hydrogens (tertiary/aromatic N) is 2. The maximum atomic E-state index is 12.5. The monoisotopic (exact) mass is 322 g/mol. The average Bonchev–Trinajstić information content (AvgIpc) is 2.35. The van der Waals surface area contributed by atoms with E-state index in [1.54, 1.807) is 17.1 Å². The van der Waals surface area contributed by atoms with Gasteiger partial charge in [0.15, 0.2) is 0 Å². The number of hydrogen-bond acceptors (Lipinski definition) is 3. The van der Waals surface area contributed by atoms with Gasteiger partial charge in [-0.1, -0.05) is 6.08 Å². The third-order valence-corrected chi connectivity index (χ3v) is 3.47. The van der Waals surface area contributed by atoms with Crippen LogP contribution in [0.3, 0.4) is 0 Å². The van der Waals surface area contributed by atoms with Crippen molar-refractivity contribution in [3.63, 3.8) is 0 Å². The maximum Gasteiger partial charge on any atom is 0.414 e. The van der Waals surface area contributed by atoms with E-state index in [1.165, 1.54) is 0 Å². The van der Waals surface area contributed by atoms with Crippen LogP contribution in [-0.4, -0.2) is 46.0 Å². The molecule has 0 aromatic carbocycles. The van der Waals surface area contributed by atoms with Gasteiger partial charge in [-0.3, -0.25) is 9.69 Å². The predicted molar refractivity (Wildman–Crippen MR) is 91.9 cm³/mol. The number of carbonyl (C=O) groups excluding carboxylic acids is 2. The Kier molecular flexibility index (Phi) is 6.03. The molecule has 0 aromatic heterocycles. The molecular formula is C18H30N2O3. The SMILES string of the molecule is C=CCCN(C(=O)OC(C)(C)C)C1=CC(=O)N(C(C)(C)C)CC1. The zero-order chi connectivity index (χ0) is 17.8. The Balaban J connectivity index is 2.98. The summed E-state index contributed by atoms with van der Waals surface area (Å²) in [6.07, 6.45) is 4.18. The highest BCUT2D eigenvalue weighted by molar-refractivity contribution is 5.90. The normalized spacial score (nSPS) is 16.0. The molecule has 1 aliphatic heterocycles. The smallest absolute Gasteiger partial charge is 0.414 e. The summed E-state index contributed by atoms with van der Waals surface area (Å²) in [6.45, 7) is 16.3. The Bertz CT molecular complexity index is 495. The highest BCUT2D eigenvalue weighted by atomic mass is 16.6. The van der Waals surface area contributed by atoms with Crippen molar-refractivity contribution in [2.75, 3.05) is 13.1 Å². The lowest BCUT2D eigenvalue weighted by Gasteiger charge is -2.39. The molecule has 5 heteroatoms. The first-order chi connectivity index (χ1) is 10.5. The minimum atomic E-state index is -0.569. The van der Waals surface area contributed by atoms with Crippen molar-refractivity contribution in [1.82, 2.24) is 9.80 Å². The quantitative estimate of drug-likeness (QED) is 0.741. The number of hydrogen-bond donors (Lipinski definition) is 0. The van der Waals surface area contributed by atoms with Gasteiger partial charge in [-0.2, -0.15) is 0 Å². The fourth-order valence-electron chi connectivity index (χ4n) is 2.40. The highest BCUT2D eigenvalue weighted by Crippen LogP contribution is 2.24. The molecule has 5 nitrogen and oxygen atoms in total. The molecule has 1 aliphatic rings. The first-order valence-corrected chi connectivity index (χ1v) is 8.09. The number of carbonyl (C=O) groups is 2. The van der Waals surface area contributed by atoms with Gasteiger partial charge in [0, 0.05) is 36.8 Å². The molecule has 0 fully saturated rings. The Labute approximate surface area is 140 Å². The third kappa shape index (κ3) is 5.73. The molecule has 0 aromatic rings. The fraction of sp³-hybridized carbons (Fsp3) is 0.667. The Morgan fingerprint density at radius 2 is 1.96 bits per heavy atom. The molecule has 0 radical (unpaired) electrons. The molecule has 1 rings (SSSR count). The molecule has 23 heavy (non-hydrogen) atoms. The van der Waals surface area contributed by atoms with E-state index in [0.29, 0.717) is 31.6 Å². The molecule has 0 saturated heterocycles. The molecule has 0 N–H and O–H groups in total. The zero-order valence-corrected chi connectivity index (χ0v) is 15.3. The molecule has 1 heterocycles. The van der Waals surface area contributed by atoms with E-state index in [2.05, 4.69) is 6.58 Å². The van der Waals surface area contributed by atoms with Gasteiger partial charge in [0.25, 0.3) is 0 Å². The van der Waals surface area contributed by atoms with Crippen LogP contribution in [0.1, 0.15) is 54.4 Å². The van der Waals surface area contributed by atoms with Crippen LogP contribution in [0.25, 0.3) is 0 Å². The van der Waals surface area contributed by atoms with Crippen LogP contribution in [0.5, 0.6) is 0 Å². The van der Waals surface area contributed by atoms with Crippen LogP contribution in [0, 0.1) is 0 Å². The van der Waals surface area contributed by atoms with Gasteiger partial charge in [-0.05, 0) is 48.0 Å². The summed E-state index contributed by atoms with van der Waals surface area (Å²) in [7, 11) is 0. The van der Waals surface area contributed by atoms with Gasteiger partial charge < -0.3 is 9.64 Å². The number of rotatable bonds is 4. The van der Waals surface area contributed by atoms with Crippen molar-refractivity contribution < 1.29 is 14.3 Å². The van der Waals surface area contributed by atoms with Crippen LogP contribution in [0.2, 0.25) is 0 Å². The molecule has 0 atom stereocenters. The second kappa shape index (κ2) is 7.20. The van der Waals surface area contributed by atoms with Crippen LogP contribution >= 0.6 is 0 Å². The minimum absolute atomic E-state index is 0.0640. The molecule has 0 spiro atoms. The van der Waals surface area contributed by atoms with E-state index < -0.39 is 11.7 Å². The van der Waals surface area contributed by atoms with E-state index in [4.69, 9.17) is 4.74 Å². The molecule has 0 saturated carbocycles. The van der Waals surface area contributed by atoms with E-state index in [1.807, 2.05) is 46.4 Å². The van der Waals surface area contributed by atoms with Crippen LogP contribution in [0.15, 0.2) is 24.4 Å². The Morgan fingerprint density at radius 1 is 1.35 bits per heavy atom. The summed E-state index contributed by atoms with van der Waals surface area (Å²) in [5.41, 5.74) is -0.0800. The molecule has 0 unspecified atom stereocenters. The minimum Gasteiger partial charge on any atom is -0.443 e. The van der Waals surface area contributed by atoms with Gasteiger partial charge in [-0.15, -0.1) is 6.58 Å². The summed E-state index contributed by atoms with van der Waals surface area (Å²) in [4.78, 5) is 28.2. The Morgan fingerprint density at radius 3 is 2.39 bits per heavy atom. The van der Waals surface area contributed by atoms with Crippen LogP contribution in [0.4, 0.5) is 4.79 Å². The summed E-state index contributed by atoms with van der Waals surface area (Å²) >= 11 is 0. The lowest BCUT2D eigenvalue weighted by Crippen LogP contribution is -2.49. The van der Waals surface area contributed by atoms with Crippen LogP contribution in [-0.2, 0) is 9.53 Å². The van der Waals surface area contributed by atoms with Crippen molar-refractivity contribution in [2.24, 2.45) is 0 Å². The van der Waals surface area contributed by atoms with E-state index in [0.717, 1.165) is 0 Å². The highest BCUT2D eigenvalue weighted by Gasteiger charge is 2.32. The van der Waals surface area contributed by atoms with Gasteiger partial charge in [0.05, 0.1) is 0 Å². The molecule has 0 aliphatic carbocycles. The molecule has 0 bridgehead atoms. The largest absolute Gasteiger partial charge is 0.443 e. The zero-order valence-electron chi connectivity index (χ0n) is 15.3. The topological polar surface area (TPSA) is 49.9 Å². The second-order valence-corrected chi connectivity index (χ2v) is 7.76. The van der Waals surface area contributed by atoms with Gasteiger partial charge in [0.1, 0.15) is 5.60 Å². The summed E-state index contributed by atoms with van der Waals surface area (Å²) < 4.78 is 5.47. The summed E-state index contributed by atoms with van der Waals surface area (Å²) in [5.74, 6) is -0.0640. The number of amides is 2. The second-order valence-electron chi connectivity index (χ2n) is 7.76. The standard InChI is InChI=1S/C18H30N2O3/c1-8-9-11-19(16(22)23-18(5,6)7)14-10-12-20(15(21)13-14)17(2,3)4/h8,13H,1,9-12H2,2-7H3. The first-order valence-electron chi connectivity index (χ1n) is 8.09. The summed E-state index contributed by atoms with van der Waals surface area (Å²) in [6, 6.07) is 0. The van der Waals surface area contributed by atoms with Gasteiger partial charge in [-0.25, -0.2) is 4.79 Å². The molecule has 2 amide bonds. The molecule has 130 valence electrons. The fourth-order valence-corrected chi connectivity index (χ4v) is 2.40. The van der Waals surface area contributed by atoms with Crippen molar-refractivity contribution in [1.29, 1.82) is 0 Å². The predicted octanol–water partition coefficient (Wildman–Crippen LogP) is 3.71. The lowest BCUT2D eigenvalue weighted by atomic mass is 10.0. The van der Waals surface area contributed by atoms with Gasteiger partial charge in [0.2, 0.25) is 5.91 Å². The number of ether oxygens (including phenoxy) is 1. The van der Waals surface area contributed by atoms with Crippen molar-refractivity contribution >= 4 is 12.0 Å². The maximum absolute atomic E-state index is 12.5. The first kappa shape index (κ1) is 19.3. The Hall–Kier alpha value is -1.78. The van der Waals surface area contributed by atoms with Gasteiger partial charge >= 0.3 is 6.09 Å². The van der Waals surface area contributed by atoms with Crippen molar-refractivity contribution in [2.45, 2.75) is 65.5 Å². The molecular weight excluding hydrogens is 292 g/mol. The van der Waals surface area contributed by atoms with Crippen LogP contribution < -0.4 is 0 Å². The van der Waals surface area contributed by atoms with Crippen molar-refractivity contribution in [3.05, 3.63) is 24.4 Å². The lowest BCUT2D eigenvalue weighted by molar-refractivity contribution is -0.131. The third-order valence-electron chi connectivity index (χ3n) is 3.47. The van der Waals surface area contributed by atoms with Crippen molar-refractivity contribution in [3.8, 4) is 0 Å². The van der Waals surface area contributed by atoms with E-state index in [9.17, 15) is 9.59 Å². The summed E-state index contributed by atoms with van der Waals surface area (Å²) in [5, 5.41) is 0.